The normalized spacial score (nSPS) is 9.96. The van der Waals surface area contributed by atoms with Crippen molar-refractivity contribution in [1.82, 2.24) is 5.32 Å². The fourth-order valence-corrected chi connectivity index (χ4v) is 2.33. The van der Waals surface area contributed by atoms with Crippen LogP contribution in [-0.4, -0.2) is 39.7 Å². The molecule has 0 saturated heterocycles. The summed E-state index contributed by atoms with van der Waals surface area (Å²) in [5.41, 5.74) is 1.44. The van der Waals surface area contributed by atoms with Crippen molar-refractivity contribution in [2.24, 2.45) is 0 Å². The van der Waals surface area contributed by atoms with E-state index in [4.69, 9.17) is 14.2 Å². The summed E-state index contributed by atoms with van der Waals surface area (Å²) in [6.45, 7) is 0.319. The van der Waals surface area contributed by atoms with Crippen LogP contribution in [0, 0.1) is 0 Å². The quantitative estimate of drug-likeness (QED) is 0.740. The molecule has 7 heteroatoms. The summed E-state index contributed by atoms with van der Waals surface area (Å²) in [6.07, 6.45) is 0.554. The first-order valence-corrected chi connectivity index (χ1v) is 8.01. The Hall–Kier alpha value is -3.22. The van der Waals surface area contributed by atoms with Crippen LogP contribution in [0.2, 0.25) is 0 Å². The van der Waals surface area contributed by atoms with Crippen molar-refractivity contribution in [3.63, 3.8) is 0 Å². The molecule has 0 aliphatic carbocycles. The minimum absolute atomic E-state index is 0.319. The molecule has 2 N–H and O–H groups in total. The predicted octanol–water partition coefficient (Wildman–Crippen LogP) is 2.01. The van der Waals surface area contributed by atoms with Crippen LogP contribution in [0.5, 0.6) is 17.2 Å². The number of ether oxygens (including phenoxy) is 3. The number of rotatable bonds is 7. The highest BCUT2D eigenvalue weighted by atomic mass is 16.5. The van der Waals surface area contributed by atoms with Crippen molar-refractivity contribution in [3.8, 4) is 17.2 Å². The highest BCUT2D eigenvalue weighted by Gasteiger charge is 2.13. The second-order valence-electron chi connectivity index (χ2n) is 5.38. The molecule has 0 saturated carbocycles. The van der Waals surface area contributed by atoms with Crippen LogP contribution in [0.4, 0.5) is 5.69 Å². The van der Waals surface area contributed by atoms with E-state index in [2.05, 4.69) is 10.6 Å². The highest BCUT2D eigenvalue weighted by Crippen LogP contribution is 2.27. The largest absolute Gasteiger partial charge is 0.497 e. The molecule has 0 fully saturated rings. The third kappa shape index (κ3) is 5.14. The van der Waals surface area contributed by atoms with Gasteiger partial charge < -0.3 is 24.8 Å². The van der Waals surface area contributed by atoms with E-state index in [1.54, 1.807) is 44.6 Å². The van der Waals surface area contributed by atoms with Gasteiger partial charge in [-0.15, -0.1) is 0 Å². The highest BCUT2D eigenvalue weighted by molar-refractivity contribution is 6.39. The maximum Gasteiger partial charge on any atom is 0.313 e. The summed E-state index contributed by atoms with van der Waals surface area (Å²) in [7, 11) is 4.66. The molecular weight excluding hydrogens is 336 g/mol. The zero-order chi connectivity index (χ0) is 18.9. The Labute approximate surface area is 152 Å². The Balaban J connectivity index is 1.85. The number of benzene rings is 2. The molecule has 0 spiro atoms. The van der Waals surface area contributed by atoms with Gasteiger partial charge in [0.15, 0.2) is 11.5 Å². The number of anilines is 1. The van der Waals surface area contributed by atoms with Crippen LogP contribution >= 0.6 is 0 Å². The Morgan fingerprint density at radius 1 is 0.885 bits per heavy atom. The van der Waals surface area contributed by atoms with Crippen molar-refractivity contribution in [3.05, 3.63) is 48.0 Å². The van der Waals surface area contributed by atoms with E-state index in [0.717, 1.165) is 5.56 Å². The monoisotopic (exact) mass is 358 g/mol. The summed E-state index contributed by atoms with van der Waals surface area (Å²) in [5, 5.41) is 5.12. The first-order valence-electron chi connectivity index (χ1n) is 8.01. The molecule has 0 heterocycles. The van der Waals surface area contributed by atoms with E-state index in [9.17, 15) is 9.59 Å². The number of carbonyl (C=O) groups is 2. The lowest BCUT2D eigenvalue weighted by Gasteiger charge is -2.10. The second-order valence-corrected chi connectivity index (χ2v) is 5.38. The lowest BCUT2D eigenvalue weighted by atomic mass is 10.1. The van der Waals surface area contributed by atoms with E-state index in [1.807, 2.05) is 12.1 Å². The smallest absolute Gasteiger partial charge is 0.313 e. The van der Waals surface area contributed by atoms with Gasteiger partial charge in [0.05, 0.1) is 21.3 Å². The molecular formula is C19H22N2O5. The number of methoxy groups -OCH3 is 3. The van der Waals surface area contributed by atoms with Gasteiger partial charge in [0.25, 0.3) is 0 Å². The van der Waals surface area contributed by atoms with Gasteiger partial charge in [0.1, 0.15) is 5.75 Å². The molecule has 7 nitrogen and oxygen atoms in total. The van der Waals surface area contributed by atoms with Gasteiger partial charge in [0, 0.05) is 18.3 Å². The van der Waals surface area contributed by atoms with Crippen LogP contribution in [0.1, 0.15) is 5.56 Å². The second kappa shape index (κ2) is 9.31. The minimum atomic E-state index is -0.731. The molecule has 0 aliphatic heterocycles. The molecule has 2 rings (SSSR count). The van der Waals surface area contributed by atoms with E-state index in [1.165, 1.54) is 7.11 Å². The molecule has 0 atom stereocenters. The SMILES string of the molecule is COc1cccc(NC(=O)C(=O)NCCc2ccc(OC)c(OC)c2)c1. The van der Waals surface area contributed by atoms with E-state index >= 15 is 0 Å². The van der Waals surface area contributed by atoms with E-state index in [-0.39, 0.29) is 0 Å². The van der Waals surface area contributed by atoms with Crippen molar-refractivity contribution in [1.29, 1.82) is 0 Å². The maximum absolute atomic E-state index is 11.9. The molecule has 2 amide bonds. The van der Waals surface area contributed by atoms with Crippen molar-refractivity contribution < 1.29 is 23.8 Å². The third-order valence-electron chi connectivity index (χ3n) is 3.68. The molecule has 26 heavy (non-hydrogen) atoms. The summed E-state index contributed by atoms with van der Waals surface area (Å²) in [5.74, 6) is 0.417. The topological polar surface area (TPSA) is 85.9 Å². The lowest BCUT2D eigenvalue weighted by Crippen LogP contribution is -2.36. The molecule has 2 aromatic rings. The van der Waals surface area contributed by atoms with E-state index in [0.29, 0.717) is 35.9 Å². The number of amides is 2. The van der Waals surface area contributed by atoms with Gasteiger partial charge in [0.2, 0.25) is 0 Å². The van der Waals surface area contributed by atoms with Gasteiger partial charge in [-0.05, 0) is 36.2 Å². The van der Waals surface area contributed by atoms with Crippen LogP contribution < -0.4 is 24.8 Å². The molecule has 138 valence electrons. The zero-order valence-corrected chi connectivity index (χ0v) is 15.0. The van der Waals surface area contributed by atoms with Gasteiger partial charge in [-0.1, -0.05) is 12.1 Å². The number of hydrogen-bond donors (Lipinski definition) is 2. The predicted molar refractivity (Wildman–Crippen MR) is 97.9 cm³/mol. The average molecular weight is 358 g/mol. The van der Waals surface area contributed by atoms with E-state index < -0.39 is 11.8 Å². The Morgan fingerprint density at radius 3 is 2.35 bits per heavy atom. The van der Waals surface area contributed by atoms with Crippen LogP contribution in [0.3, 0.4) is 0 Å². The Kier molecular flexibility index (Phi) is 6.84. The summed E-state index contributed by atoms with van der Waals surface area (Å²) < 4.78 is 15.5. The van der Waals surface area contributed by atoms with Crippen LogP contribution in [0.15, 0.2) is 42.5 Å². The molecule has 2 aromatic carbocycles. The number of nitrogens with one attached hydrogen (secondary N) is 2. The fraction of sp³-hybridized carbons (Fsp3) is 0.263. The first-order chi connectivity index (χ1) is 12.6. The first kappa shape index (κ1) is 19.1. The van der Waals surface area contributed by atoms with Crippen molar-refractivity contribution in [2.45, 2.75) is 6.42 Å². The minimum Gasteiger partial charge on any atom is -0.497 e. The van der Waals surface area contributed by atoms with Crippen LogP contribution in [0.25, 0.3) is 0 Å². The van der Waals surface area contributed by atoms with Crippen LogP contribution in [-0.2, 0) is 16.0 Å². The Morgan fingerprint density at radius 2 is 1.65 bits per heavy atom. The van der Waals surface area contributed by atoms with Crippen molar-refractivity contribution in [2.75, 3.05) is 33.2 Å². The van der Waals surface area contributed by atoms with Gasteiger partial charge in [-0.2, -0.15) is 0 Å². The molecule has 0 aliphatic rings. The maximum atomic E-state index is 11.9. The van der Waals surface area contributed by atoms with Gasteiger partial charge in [-0.25, -0.2) is 0 Å². The number of hydrogen-bond acceptors (Lipinski definition) is 5. The van der Waals surface area contributed by atoms with Crippen molar-refractivity contribution >= 4 is 17.5 Å². The number of carbonyl (C=O) groups excluding carboxylic acids is 2. The summed E-state index contributed by atoms with van der Waals surface area (Å²) in [4.78, 5) is 23.9. The third-order valence-corrected chi connectivity index (χ3v) is 3.68. The molecule has 0 aromatic heterocycles. The van der Waals surface area contributed by atoms with Gasteiger partial charge >= 0.3 is 11.8 Å². The summed E-state index contributed by atoms with van der Waals surface area (Å²) in [6, 6.07) is 12.3. The fourth-order valence-electron chi connectivity index (χ4n) is 2.33. The average Bonchev–Trinajstić information content (AvgIpc) is 2.67. The molecule has 0 bridgehead atoms. The van der Waals surface area contributed by atoms with Gasteiger partial charge in [-0.3, -0.25) is 9.59 Å². The lowest BCUT2D eigenvalue weighted by molar-refractivity contribution is -0.136. The standard InChI is InChI=1S/C19H22N2O5/c1-24-15-6-4-5-14(12-15)21-19(23)18(22)20-10-9-13-7-8-16(25-2)17(11-13)26-3/h4-8,11-12H,9-10H2,1-3H3,(H,20,22)(H,21,23). The zero-order valence-electron chi connectivity index (χ0n) is 15.0. The summed E-state index contributed by atoms with van der Waals surface area (Å²) >= 11 is 0. The Bertz CT molecular complexity index is 776. The molecule has 0 unspecified atom stereocenters. The molecule has 0 radical (unpaired) electrons.